The predicted octanol–water partition coefficient (Wildman–Crippen LogP) is 7.70. The summed E-state index contributed by atoms with van der Waals surface area (Å²) in [4.78, 5) is 63.5. The predicted molar refractivity (Wildman–Crippen MR) is 297 cm³/mol. The number of rotatable bonds is 10. The van der Waals surface area contributed by atoms with Crippen molar-refractivity contribution in [1.29, 1.82) is 0 Å². The Kier molecular flexibility index (Phi) is 13.6. The number of aryl methyl sites for hydroxylation is 1. The Balaban J connectivity index is 0.579. The molecule has 8 aliphatic heterocycles. The van der Waals surface area contributed by atoms with Gasteiger partial charge in [-0.2, -0.15) is 9.97 Å². The third-order valence-corrected chi connectivity index (χ3v) is 19.7. The smallest absolute Gasteiger partial charge is 0.409 e. The molecule has 14 rings (SSSR count). The largest absolute Gasteiger partial charge is 0.461 e. The number of piperidine rings is 2. The number of aliphatic hydroxyl groups excluding tert-OH is 1. The van der Waals surface area contributed by atoms with Gasteiger partial charge in [0.05, 0.1) is 53.1 Å². The summed E-state index contributed by atoms with van der Waals surface area (Å²) in [5, 5.41) is 15.2. The number of terminal acetylenes is 1. The normalized spacial score (nSPS) is 26.9. The topological polar surface area (TPSA) is 175 Å². The van der Waals surface area contributed by atoms with Crippen molar-refractivity contribution < 1.29 is 47.2 Å². The van der Waals surface area contributed by atoms with Gasteiger partial charge in [0.15, 0.2) is 5.82 Å². The highest BCUT2D eigenvalue weighted by molar-refractivity contribution is 6.03. The van der Waals surface area contributed by atoms with E-state index in [9.17, 15) is 19.5 Å². The third kappa shape index (κ3) is 9.42. The molecule has 10 heterocycles. The van der Waals surface area contributed by atoms with Crippen LogP contribution in [0.4, 0.5) is 25.1 Å². The number of amides is 3. The van der Waals surface area contributed by atoms with Gasteiger partial charge in [0.1, 0.15) is 42.3 Å². The van der Waals surface area contributed by atoms with Gasteiger partial charge >= 0.3 is 12.1 Å². The average molecular weight is 1110 g/mol. The number of anilines is 2. The van der Waals surface area contributed by atoms with Crippen molar-refractivity contribution in [2.75, 3.05) is 75.5 Å². The molecule has 424 valence electrons. The van der Waals surface area contributed by atoms with Gasteiger partial charge in [-0.05, 0) is 126 Å². The van der Waals surface area contributed by atoms with E-state index in [0.717, 1.165) is 107 Å². The van der Waals surface area contributed by atoms with Crippen LogP contribution in [-0.4, -0.2) is 154 Å². The summed E-state index contributed by atoms with van der Waals surface area (Å²) < 4.78 is 58.2. The van der Waals surface area contributed by atoms with Crippen molar-refractivity contribution in [2.45, 2.75) is 145 Å². The van der Waals surface area contributed by atoms with E-state index in [1.54, 1.807) is 23.1 Å². The molecule has 0 bridgehead atoms. The zero-order chi connectivity index (χ0) is 55.1. The standard InChI is InChI=1S/C62H69F2N9O8/c1-2-44-47(63)12-8-37-6-3-7-46(51(37)44)54-53(64)55-52-48(65-54)13-10-40-32-78-29-5-25-71(40)56(52)68-59(67-55)80-36-62-21-4-26-73(62)41(16-24-62)33-79-60(77)70-34-61(35-70)22-17-42(18-23-61)81-43-19-27-69(28-20-43)39-9-11-45-38(30-39)31-72(58(45)76)49-14-15-50(74)66-57(49)75/h1,3,6-9,11-12,30,40-43,49,58,76H,4-5,10,13-29,31-36H2,(H,66,74,75)/t40-,41-,49?,58?,62-/m0/s1. The van der Waals surface area contributed by atoms with Crippen LogP contribution in [0.25, 0.3) is 32.9 Å². The number of likely N-dealkylation sites (tertiary alicyclic amines) is 1. The van der Waals surface area contributed by atoms with E-state index in [-0.39, 0.29) is 82.4 Å². The number of hydrogen-bond donors (Lipinski definition) is 2. The lowest BCUT2D eigenvalue weighted by molar-refractivity contribution is -0.141. The molecule has 3 amide bonds. The van der Waals surface area contributed by atoms with Gasteiger partial charge in [0.2, 0.25) is 11.8 Å². The molecule has 2 unspecified atom stereocenters. The number of carbonyl (C=O) groups is 3. The number of carbonyl (C=O) groups excluding carboxylic acids is 3. The summed E-state index contributed by atoms with van der Waals surface area (Å²) in [6.45, 7) is 6.88. The van der Waals surface area contributed by atoms with Crippen molar-refractivity contribution in [3.63, 3.8) is 0 Å². The number of hydrogen-bond acceptors (Lipinski definition) is 15. The molecule has 2 aromatic heterocycles. The molecule has 0 radical (unpaired) electrons. The Morgan fingerprint density at radius 2 is 1.73 bits per heavy atom. The minimum Gasteiger partial charge on any atom is -0.461 e. The summed E-state index contributed by atoms with van der Waals surface area (Å²) in [6.07, 6.45) is 17.3. The Hall–Kier alpha value is -6.56. The highest BCUT2D eigenvalue weighted by Gasteiger charge is 2.52. The minimum absolute atomic E-state index is 0.00684. The van der Waals surface area contributed by atoms with Gasteiger partial charge < -0.3 is 38.8 Å². The van der Waals surface area contributed by atoms with Crippen LogP contribution in [0.15, 0.2) is 48.5 Å². The van der Waals surface area contributed by atoms with Crippen LogP contribution in [0.1, 0.15) is 119 Å². The SMILES string of the molecule is C#Cc1c(F)ccc2cccc(-c3nc4c5c(nc(OC[C@@]67CCCN6[C@H](COC(=O)N6CC8(CCC(OC9CCN(c%10ccc%11c(c%10)CN(C%10CCC(=O)NC%10=O)C%11O)CC9)CC8)C6)CC7)nc5c3F)N3CCCOC[C@@H]3CC4)c12. The highest BCUT2D eigenvalue weighted by atomic mass is 19.1. The molecule has 1 aliphatic carbocycles. The van der Waals surface area contributed by atoms with Gasteiger partial charge in [0.25, 0.3) is 0 Å². The summed E-state index contributed by atoms with van der Waals surface area (Å²) in [5.41, 5.74) is 4.01. The van der Waals surface area contributed by atoms with Crippen LogP contribution in [0, 0.1) is 29.4 Å². The lowest BCUT2D eigenvalue weighted by Crippen LogP contribution is -2.60. The fourth-order valence-corrected chi connectivity index (χ4v) is 15.4. The quantitative estimate of drug-likeness (QED) is 0.103. The molecular weight excluding hydrogens is 1040 g/mol. The summed E-state index contributed by atoms with van der Waals surface area (Å²) in [5.74, 6) is 1.28. The van der Waals surface area contributed by atoms with E-state index >= 15 is 8.78 Å². The van der Waals surface area contributed by atoms with E-state index in [4.69, 9.17) is 40.3 Å². The second-order valence-corrected chi connectivity index (χ2v) is 24.4. The maximum atomic E-state index is 17.5. The zero-order valence-corrected chi connectivity index (χ0v) is 45.7. The lowest BCUT2D eigenvalue weighted by atomic mass is 9.68. The fraction of sp³-hybridized carbons (Fsp3) is 0.548. The summed E-state index contributed by atoms with van der Waals surface area (Å²) >= 11 is 0. The number of pyridine rings is 1. The van der Waals surface area contributed by atoms with Gasteiger partial charge in [-0.25, -0.2) is 18.6 Å². The number of imide groups is 1. The fourth-order valence-electron chi connectivity index (χ4n) is 15.4. The monoisotopic (exact) mass is 1110 g/mol. The third-order valence-electron chi connectivity index (χ3n) is 19.7. The number of nitrogens with one attached hydrogen (secondary N) is 1. The maximum Gasteiger partial charge on any atom is 0.409 e. The Morgan fingerprint density at radius 1 is 0.889 bits per heavy atom. The number of ether oxygens (including phenoxy) is 4. The highest BCUT2D eigenvalue weighted by Crippen LogP contribution is 2.48. The number of aliphatic hydroxyl groups is 1. The zero-order valence-electron chi connectivity index (χ0n) is 45.7. The molecule has 5 aromatic rings. The van der Waals surface area contributed by atoms with Crippen molar-refractivity contribution in [2.24, 2.45) is 5.41 Å². The second-order valence-electron chi connectivity index (χ2n) is 24.4. The number of nitrogens with zero attached hydrogens (tertiary/aromatic N) is 8. The second kappa shape index (κ2) is 21.0. The van der Waals surface area contributed by atoms with Crippen LogP contribution in [0.3, 0.4) is 0 Å². The van der Waals surface area contributed by atoms with Crippen molar-refractivity contribution in [3.8, 4) is 29.6 Å². The van der Waals surface area contributed by atoms with Crippen molar-refractivity contribution >= 4 is 51.1 Å². The Labute approximate surface area is 469 Å². The first-order chi connectivity index (χ1) is 39.4. The average Bonchev–Trinajstić information content (AvgIpc) is 4.15. The van der Waals surface area contributed by atoms with E-state index in [1.165, 1.54) is 6.07 Å². The van der Waals surface area contributed by atoms with Crippen molar-refractivity contribution in [3.05, 3.63) is 82.5 Å². The molecular formula is C62H69F2N9O8. The first-order valence-corrected chi connectivity index (χ1v) is 29.5. The van der Waals surface area contributed by atoms with E-state index < -0.39 is 23.9 Å². The van der Waals surface area contributed by atoms with Gasteiger partial charge in [-0.1, -0.05) is 36.3 Å². The van der Waals surface area contributed by atoms with Gasteiger partial charge in [-0.3, -0.25) is 24.7 Å². The number of aromatic nitrogens is 3. The molecule has 5 atom stereocenters. The van der Waals surface area contributed by atoms with Crippen LogP contribution in [-0.2, 0) is 36.8 Å². The molecule has 9 aliphatic rings. The molecule has 1 spiro atoms. The molecule has 19 heteroatoms. The first kappa shape index (κ1) is 52.5. The molecule has 6 saturated heterocycles. The van der Waals surface area contributed by atoms with Gasteiger partial charge in [-0.15, -0.1) is 6.42 Å². The number of halogens is 2. The minimum atomic E-state index is -0.875. The molecule has 3 aromatic carbocycles. The summed E-state index contributed by atoms with van der Waals surface area (Å²) in [7, 11) is 0. The van der Waals surface area contributed by atoms with Crippen LogP contribution in [0.2, 0.25) is 0 Å². The Morgan fingerprint density at radius 3 is 2.56 bits per heavy atom. The molecule has 81 heavy (non-hydrogen) atoms. The van der Waals surface area contributed by atoms with Crippen molar-refractivity contribution in [1.82, 2.24) is 35.0 Å². The first-order valence-electron chi connectivity index (χ1n) is 29.5. The Bertz CT molecular complexity index is 3370. The maximum absolute atomic E-state index is 17.5. The van der Waals surface area contributed by atoms with E-state index in [2.05, 4.69) is 38.1 Å². The van der Waals surface area contributed by atoms with E-state index in [1.807, 2.05) is 17.0 Å². The molecule has 7 fully saturated rings. The molecule has 17 nitrogen and oxygen atoms in total. The molecule has 2 N–H and O–H groups in total. The number of benzene rings is 3. The lowest BCUT2D eigenvalue weighted by Gasteiger charge is -2.53. The van der Waals surface area contributed by atoms with Gasteiger partial charge in [0, 0.05) is 86.0 Å². The summed E-state index contributed by atoms with van der Waals surface area (Å²) in [6, 6.07) is 14.1. The van der Waals surface area contributed by atoms with E-state index in [0.29, 0.717) is 105 Å². The molecule has 1 saturated carbocycles. The number of fused-ring (bicyclic) bond motifs is 5. The van der Waals surface area contributed by atoms with Crippen LogP contribution < -0.4 is 19.9 Å². The van der Waals surface area contributed by atoms with Crippen LogP contribution >= 0.6 is 0 Å². The van der Waals surface area contributed by atoms with Crippen LogP contribution in [0.5, 0.6) is 6.01 Å².